The standard InChI is InChI=1S/C7H13NO5/c1-4(2)3-5(8)6(9)12-13-7(10)11/h4-5H,3,8H2,1-2H3,(H,10,11). The first-order valence-corrected chi connectivity index (χ1v) is 3.80. The first-order chi connectivity index (χ1) is 5.93. The highest BCUT2D eigenvalue weighted by molar-refractivity contribution is 5.75. The molecule has 0 amide bonds. The van der Waals surface area contributed by atoms with Crippen molar-refractivity contribution in [2.75, 3.05) is 0 Å². The van der Waals surface area contributed by atoms with Crippen molar-refractivity contribution in [3.05, 3.63) is 0 Å². The molecule has 0 rings (SSSR count). The minimum absolute atomic E-state index is 0.229. The number of rotatable bonds is 3. The summed E-state index contributed by atoms with van der Waals surface area (Å²) in [7, 11) is 0. The second-order valence-electron chi connectivity index (χ2n) is 2.99. The largest absolute Gasteiger partial charge is 0.547 e. The van der Waals surface area contributed by atoms with Crippen LogP contribution in [0.4, 0.5) is 4.79 Å². The van der Waals surface area contributed by atoms with Gasteiger partial charge < -0.3 is 10.8 Å². The summed E-state index contributed by atoms with van der Waals surface area (Å²) in [6.07, 6.45) is -1.26. The minimum Gasteiger partial charge on any atom is -0.447 e. The highest BCUT2D eigenvalue weighted by Crippen LogP contribution is 2.03. The van der Waals surface area contributed by atoms with Crippen LogP contribution < -0.4 is 5.73 Å². The molecule has 0 aliphatic carbocycles. The molecule has 0 aliphatic heterocycles. The molecular weight excluding hydrogens is 178 g/mol. The quantitative estimate of drug-likeness (QED) is 0.498. The third-order valence-electron chi connectivity index (χ3n) is 1.22. The van der Waals surface area contributed by atoms with E-state index in [1.165, 1.54) is 0 Å². The Morgan fingerprint density at radius 1 is 1.38 bits per heavy atom. The van der Waals surface area contributed by atoms with Gasteiger partial charge in [0.25, 0.3) is 0 Å². The number of hydrogen-bond donors (Lipinski definition) is 2. The molecule has 0 bridgehead atoms. The van der Waals surface area contributed by atoms with Gasteiger partial charge in [0, 0.05) is 0 Å². The number of nitrogens with two attached hydrogens (primary N) is 1. The van der Waals surface area contributed by atoms with Gasteiger partial charge in [-0.15, -0.1) is 0 Å². The Labute approximate surface area is 75.5 Å². The van der Waals surface area contributed by atoms with Crippen molar-refractivity contribution in [3.8, 4) is 0 Å². The van der Waals surface area contributed by atoms with Crippen LogP contribution in [0, 0.1) is 5.92 Å². The number of carbonyl (C=O) groups is 2. The molecule has 0 aliphatic rings. The molecule has 1 atom stereocenters. The number of carboxylic acid groups (broad SMARTS) is 1. The average molecular weight is 191 g/mol. The predicted octanol–water partition coefficient (Wildman–Crippen LogP) is 0.513. The lowest BCUT2D eigenvalue weighted by atomic mass is 10.1. The van der Waals surface area contributed by atoms with Crippen molar-refractivity contribution in [1.82, 2.24) is 0 Å². The van der Waals surface area contributed by atoms with Crippen LogP contribution in [0.5, 0.6) is 0 Å². The third-order valence-corrected chi connectivity index (χ3v) is 1.22. The Hall–Kier alpha value is -1.30. The smallest absolute Gasteiger partial charge is 0.447 e. The fourth-order valence-corrected chi connectivity index (χ4v) is 0.743. The summed E-state index contributed by atoms with van der Waals surface area (Å²) >= 11 is 0. The van der Waals surface area contributed by atoms with Gasteiger partial charge in [-0.25, -0.2) is 19.4 Å². The van der Waals surface area contributed by atoms with Crippen molar-refractivity contribution in [1.29, 1.82) is 0 Å². The van der Waals surface area contributed by atoms with E-state index >= 15 is 0 Å². The van der Waals surface area contributed by atoms with E-state index in [1.54, 1.807) is 0 Å². The van der Waals surface area contributed by atoms with Crippen molar-refractivity contribution in [2.45, 2.75) is 26.3 Å². The predicted molar refractivity (Wildman–Crippen MR) is 42.6 cm³/mol. The third kappa shape index (κ3) is 5.92. The van der Waals surface area contributed by atoms with Gasteiger partial charge in [0.1, 0.15) is 6.04 Å². The van der Waals surface area contributed by atoms with Crippen LogP contribution in [-0.4, -0.2) is 23.3 Å². The summed E-state index contributed by atoms with van der Waals surface area (Å²) in [5.74, 6) is -0.650. The molecule has 13 heavy (non-hydrogen) atoms. The molecule has 6 nitrogen and oxygen atoms in total. The van der Waals surface area contributed by atoms with Crippen LogP contribution >= 0.6 is 0 Å². The molecule has 1 unspecified atom stereocenters. The van der Waals surface area contributed by atoms with Gasteiger partial charge in [-0.2, -0.15) is 0 Å². The lowest BCUT2D eigenvalue weighted by molar-refractivity contribution is -0.242. The Bertz CT molecular complexity index is 191. The molecule has 3 N–H and O–H groups in total. The van der Waals surface area contributed by atoms with Crippen LogP contribution in [0.2, 0.25) is 0 Å². The lowest BCUT2D eigenvalue weighted by Crippen LogP contribution is -2.34. The first kappa shape index (κ1) is 11.7. The maximum absolute atomic E-state index is 10.8. The van der Waals surface area contributed by atoms with E-state index < -0.39 is 18.2 Å². The van der Waals surface area contributed by atoms with Crippen LogP contribution in [0.15, 0.2) is 0 Å². The van der Waals surface area contributed by atoms with Gasteiger partial charge in [-0.05, 0) is 12.3 Å². The normalized spacial score (nSPS) is 12.3. The van der Waals surface area contributed by atoms with Crippen molar-refractivity contribution >= 4 is 12.1 Å². The maximum Gasteiger partial charge on any atom is 0.547 e. The van der Waals surface area contributed by atoms with Crippen LogP contribution in [0.25, 0.3) is 0 Å². The van der Waals surface area contributed by atoms with Gasteiger partial charge >= 0.3 is 12.1 Å². The monoisotopic (exact) mass is 191 g/mol. The fraction of sp³-hybridized carbons (Fsp3) is 0.714. The molecule has 0 aromatic carbocycles. The van der Waals surface area contributed by atoms with Crippen molar-refractivity contribution in [2.24, 2.45) is 11.7 Å². The zero-order valence-corrected chi connectivity index (χ0v) is 7.52. The zero-order chi connectivity index (χ0) is 10.4. The van der Waals surface area contributed by atoms with Crippen LogP contribution in [-0.2, 0) is 14.6 Å². The molecule has 0 aromatic rings. The van der Waals surface area contributed by atoms with Gasteiger partial charge in [0.15, 0.2) is 0 Å². The Morgan fingerprint density at radius 3 is 2.31 bits per heavy atom. The molecule has 76 valence electrons. The highest BCUT2D eigenvalue weighted by Gasteiger charge is 2.19. The molecule has 0 aromatic heterocycles. The van der Waals surface area contributed by atoms with E-state index in [0.717, 1.165) is 0 Å². The van der Waals surface area contributed by atoms with Gasteiger partial charge in [-0.1, -0.05) is 13.8 Å². The minimum atomic E-state index is -1.68. The highest BCUT2D eigenvalue weighted by atomic mass is 17.2. The maximum atomic E-state index is 10.8. The number of hydrogen-bond acceptors (Lipinski definition) is 5. The van der Waals surface area contributed by atoms with Gasteiger partial charge in [0.05, 0.1) is 0 Å². The van der Waals surface area contributed by atoms with E-state index in [9.17, 15) is 9.59 Å². The first-order valence-electron chi connectivity index (χ1n) is 3.80. The molecule has 0 fully saturated rings. The van der Waals surface area contributed by atoms with Gasteiger partial charge in [0.2, 0.25) is 0 Å². The van der Waals surface area contributed by atoms with E-state index in [0.29, 0.717) is 6.42 Å². The molecule has 0 radical (unpaired) electrons. The van der Waals surface area contributed by atoms with Crippen molar-refractivity contribution < 1.29 is 24.5 Å². The Kier molecular flexibility index (Phi) is 4.83. The molecule has 0 heterocycles. The zero-order valence-electron chi connectivity index (χ0n) is 7.52. The SMILES string of the molecule is CC(C)CC(N)C(=O)OOC(=O)O. The molecule has 0 saturated carbocycles. The van der Waals surface area contributed by atoms with Gasteiger partial charge in [-0.3, -0.25) is 0 Å². The molecule has 0 spiro atoms. The van der Waals surface area contributed by atoms with Crippen molar-refractivity contribution in [3.63, 3.8) is 0 Å². The summed E-state index contributed by atoms with van der Waals surface area (Å²) in [4.78, 5) is 28.2. The summed E-state index contributed by atoms with van der Waals surface area (Å²) in [6.45, 7) is 3.76. The summed E-state index contributed by atoms with van der Waals surface area (Å²) < 4.78 is 0. The second-order valence-corrected chi connectivity index (χ2v) is 2.99. The fourth-order valence-electron chi connectivity index (χ4n) is 0.743. The lowest BCUT2D eigenvalue weighted by Gasteiger charge is -2.10. The second kappa shape index (κ2) is 5.36. The summed E-state index contributed by atoms with van der Waals surface area (Å²) in [6, 6.07) is -0.848. The van der Waals surface area contributed by atoms with E-state index in [-0.39, 0.29) is 5.92 Å². The molecule has 0 saturated heterocycles. The van der Waals surface area contributed by atoms with Crippen LogP contribution in [0.3, 0.4) is 0 Å². The van der Waals surface area contributed by atoms with E-state index in [4.69, 9.17) is 10.8 Å². The summed E-state index contributed by atoms with van der Waals surface area (Å²) in [5, 5.41) is 7.99. The van der Waals surface area contributed by atoms with Crippen LogP contribution in [0.1, 0.15) is 20.3 Å². The average Bonchev–Trinajstić information content (AvgIpc) is 1.98. The van der Waals surface area contributed by atoms with E-state index in [1.807, 2.05) is 13.8 Å². The Balaban J connectivity index is 3.76. The molecular formula is C7H13NO5. The topological polar surface area (TPSA) is 98.9 Å². The van der Waals surface area contributed by atoms with E-state index in [2.05, 4.69) is 9.78 Å². The number of carbonyl (C=O) groups excluding carboxylic acids is 1. The summed E-state index contributed by atoms with van der Waals surface area (Å²) in [5.41, 5.74) is 5.36. The Morgan fingerprint density at radius 2 is 1.92 bits per heavy atom. The molecule has 6 heteroatoms.